The largest absolute Gasteiger partial charge is 0.507 e. The molecule has 1 amide bonds. The van der Waals surface area contributed by atoms with Gasteiger partial charge in [-0.1, -0.05) is 41.5 Å². The van der Waals surface area contributed by atoms with E-state index < -0.39 is 0 Å². The molecule has 0 spiro atoms. The highest BCUT2D eigenvalue weighted by Gasteiger charge is 2.26. The fourth-order valence-corrected chi connectivity index (χ4v) is 2.43. The SMILES string of the molecule is CC(C)(C)c1cc(NC(=O)CCCCl)cc(C(C)(C)C)c1O. The fourth-order valence-electron chi connectivity index (χ4n) is 2.30. The first-order valence-electron chi connectivity index (χ1n) is 7.70. The molecule has 0 aliphatic rings. The number of rotatable bonds is 4. The van der Waals surface area contributed by atoms with Gasteiger partial charge in [0.15, 0.2) is 0 Å². The van der Waals surface area contributed by atoms with Gasteiger partial charge >= 0.3 is 0 Å². The van der Waals surface area contributed by atoms with Gasteiger partial charge in [0.05, 0.1) is 0 Å². The van der Waals surface area contributed by atoms with E-state index in [1.54, 1.807) is 0 Å². The molecule has 0 heterocycles. The Morgan fingerprint density at radius 2 is 1.55 bits per heavy atom. The van der Waals surface area contributed by atoms with E-state index >= 15 is 0 Å². The van der Waals surface area contributed by atoms with E-state index in [-0.39, 0.29) is 16.7 Å². The van der Waals surface area contributed by atoms with Crippen molar-refractivity contribution in [2.24, 2.45) is 0 Å². The molecule has 0 unspecified atom stereocenters. The number of phenolic OH excluding ortho intramolecular Hbond substituents is 1. The van der Waals surface area contributed by atoms with Gasteiger partial charge in [-0.25, -0.2) is 0 Å². The topological polar surface area (TPSA) is 49.3 Å². The fraction of sp³-hybridized carbons (Fsp3) is 0.611. The highest BCUT2D eigenvalue weighted by molar-refractivity contribution is 6.18. The van der Waals surface area contributed by atoms with Gasteiger partial charge in [-0.15, -0.1) is 11.6 Å². The van der Waals surface area contributed by atoms with Gasteiger partial charge in [-0.3, -0.25) is 4.79 Å². The second-order valence-electron chi connectivity index (χ2n) is 7.76. The number of benzene rings is 1. The molecule has 0 aliphatic carbocycles. The number of carbonyl (C=O) groups is 1. The van der Waals surface area contributed by atoms with Crippen LogP contribution in [0.4, 0.5) is 5.69 Å². The molecule has 0 atom stereocenters. The van der Waals surface area contributed by atoms with Crippen molar-refractivity contribution >= 4 is 23.2 Å². The maximum Gasteiger partial charge on any atom is 0.224 e. The highest BCUT2D eigenvalue weighted by Crippen LogP contribution is 2.41. The van der Waals surface area contributed by atoms with Crippen molar-refractivity contribution in [3.63, 3.8) is 0 Å². The summed E-state index contributed by atoms with van der Waals surface area (Å²) < 4.78 is 0. The van der Waals surface area contributed by atoms with Crippen LogP contribution in [-0.4, -0.2) is 16.9 Å². The van der Waals surface area contributed by atoms with E-state index in [9.17, 15) is 9.90 Å². The number of anilines is 1. The lowest BCUT2D eigenvalue weighted by atomic mass is 9.79. The summed E-state index contributed by atoms with van der Waals surface area (Å²) in [5, 5.41) is 13.6. The number of hydrogen-bond acceptors (Lipinski definition) is 2. The Morgan fingerprint density at radius 1 is 1.09 bits per heavy atom. The molecular formula is C18H28ClNO2. The zero-order valence-corrected chi connectivity index (χ0v) is 15.3. The first kappa shape index (κ1) is 18.8. The molecule has 1 rings (SSSR count). The van der Waals surface area contributed by atoms with Crippen molar-refractivity contribution in [1.82, 2.24) is 0 Å². The van der Waals surface area contributed by atoms with Crippen LogP contribution in [0.25, 0.3) is 0 Å². The molecule has 22 heavy (non-hydrogen) atoms. The summed E-state index contributed by atoms with van der Waals surface area (Å²) in [6, 6.07) is 3.73. The van der Waals surface area contributed by atoms with E-state index in [1.165, 1.54) is 0 Å². The third kappa shape index (κ3) is 4.91. The van der Waals surface area contributed by atoms with Gasteiger partial charge in [-0.05, 0) is 29.4 Å². The maximum atomic E-state index is 11.9. The molecule has 0 aromatic heterocycles. The minimum absolute atomic E-state index is 0.0499. The average Bonchev–Trinajstić information content (AvgIpc) is 2.35. The number of nitrogens with one attached hydrogen (secondary N) is 1. The van der Waals surface area contributed by atoms with Crippen LogP contribution < -0.4 is 5.32 Å². The van der Waals surface area contributed by atoms with Crippen molar-refractivity contribution < 1.29 is 9.90 Å². The van der Waals surface area contributed by atoms with E-state index in [1.807, 2.05) is 53.7 Å². The third-order valence-electron chi connectivity index (χ3n) is 3.55. The predicted octanol–water partition coefficient (Wildman–Crippen LogP) is 4.94. The Balaban J connectivity index is 3.27. The van der Waals surface area contributed by atoms with Crippen molar-refractivity contribution in [2.75, 3.05) is 11.2 Å². The van der Waals surface area contributed by atoms with E-state index in [0.29, 0.717) is 24.5 Å². The van der Waals surface area contributed by atoms with Gasteiger partial charge in [0.2, 0.25) is 5.91 Å². The van der Waals surface area contributed by atoms with E-state index in [2.05, 4.69) is 5.32 Å². The van der Waals surface area contributed by atoms with Crippen molar-refractivity contribution in [2.45, 2.75) is 65.2 Å². The van der Waals surface area contributed by atoms with Crippen molar-refractivity contribution in [3.05, 3.63) is 23.3 Å². The minimum atomic E-state index is -0.207. The molecule has 0 fully saturated rings. The molecule has 0 saturated carbocycles. The quantitative estimate of drug-likeness (QED) is 0.608. The lowest BCUT2D eigenvalue weighted by Gasteiger charge is -2.28. The standard InChI is InChI=1S/C18H28ClNO2/c1-17(2,3)13-10-12(20-15(21)8-7-9-19)11-14(16(13)22)18(4,5)6/h10-11,22H,7-9H2,1-6H3,(H,20,21). The van der Waals surface area contributed by atoms with Crippen LogP contribution in [0.2, 0.25) is 0 Å². The first-order chi connectivity index (χ1) is 9.96. The number of amides is 1. The second-order valence-corrected chi connectivity index (χ2v) is 8.14. The summed E-state index contributed by atoms with van der Waals surface area (Å²) in [4.78, 5) is 11.9. The molecule has 0 saturated heterocycles. The normalized spacial score (nSPS) is 12.3. The molecule has 0 bridgehead atoms. The molecule has 3 nitrogen and oxygen atoms in total. The summed E-state index contributed by atoms with van der Waals surface area (Å²) in [5.41, 5.74) is 1.99. The number of hydrogen-bond donors (Lipinski definition) is 2. The summed E-state index contributed by atoms with van der Waals surface area (Å²) in [6.45, 7) is 12.3. The Labute approximate surface area is 139 Å². The van der Waals surface area contributed by atoms with Crippen molar-refractivity contribution in [3.8, 4) is 5.75 Å². The minimum Gasteiger partial charge on any atom is -0.507 e. The second kappa shape index (κ2) is 6.91. The summed E-state index contributed by atoms with van der Waals surface area (Å²) in [6.07, 6.45) is 1.06. The smallest absolute Gasteiger partial charge is 0.224 e. The van der Waals surface area contributed by atoms with Gasteiger partial charge in [0, 0.05) is 29.1 Å². The molecular weight excluding hydrogens is 298 g/mol. The van der Waals surface area contributed by atoms with Crippen LogP contribution in [0.3, 0.4) is 0 Å². The Bertz CT molecular complexity index is 504. The van der Waals surface area contributed by atoms with Gasteiger partial charge < -0.3 is 10.4 Å². The van der Waals surface area contributed by atoms with Crippen molar-refractivity contribution in [1.29, 1.82) is 0 Å². The van der Waals surface area contributed by atoms with Crippen LogP contribution in [0, 0.1) is 0 Å². The van der Waals surface area contributed by atoms with Crippen LogP contribution >= 0.6 is 11.6 Å². The number of phenols is 1. The maximum absolute atomic E-state index is 11.9. The van der Waals surface area contributed by atoms with Crippen LogP contribution in [0.15, 0.2) is 12.1 Å². The number of carbonyl (C=O) groups excluding carboxylic acids is 1. The molecule has 0 aliphatic heterocycles. The lowest BCUT2D eigenvalue weighted by molar-refractivity contribution is -0.116. The van der Waals surface area contributed by atoms with Gasteiger partial charge in [0.25, 0.3) is 0 Å². The lowest BCUT2D eigenvalue weighted by Crippen LogP contribution is -2.19. The molecule has 1 aromatic carbocycles. The third-order valence-corrected chi connectivity index (χ3v) is 3.81. The predicted molar refractivity (Wildman–Crippen MR) is 94.1 cm³/mol. The van der Waals surface area contributed by atoms with E-state index in [0.717, 1.165) is 16.8 Å². The zero-order chi connectivity index (χ0) is 17.1. The number of aromatic hydroxyl groups is 1. The molecule has 1 aromatic rings. The number of halogens is 1. The van der Waals surface area contributed by atoms with Gasteiger partial charge in [0.1, 0.15) is 5.75 Å². The zero-order valence-electron chi connectivity index (χ0n) is 14.5. The average molecular weight is 326 g/mol. The summed E-state index contributed by atoms with van der Waals surface area (Å²) in [7, 11) is 0. The molecule has 2 N–H and O–H groups in total. The summed E-state index contributed by atoms with van der Waals surface area (Å²) >= 11 is 5.63. The number of alkyl halides is 1. The van der Waals surface area contributed by atoms with E-state index in [4.69, 9.17) is 11.6 Å². The van der Waals surface area contributed by atoms with Crippen LogP contribution in [0.5, 0.6) is 5.75 Å². The highest BCUT2D eigenvalue weighted by atomic mass is 35.5. The van der Waals surface area contributed by atoms with Crippen LogP contribution in [0.1, 0.15) is 65.5 Å². The Kier molecular flexibility index (Phi) is 5.91. The van der Waals surface area contributed by atoms with Crippen LogP contribution in [-0.2, 0) is 15.6 Å². The Morgan fingerprint density at radius 3 is 1.91 bits per heavy atom. The molecule has 4 heteroatoms. The van der Waals surface area contributed by atoms with Gasteiger partial charge in [-0.2, -0.15) is 0 Å². The molecule has 124 valence electrons. The first-order valence-corrected chi connectivity index (χ1v) is 8.24. The Hall–Kier alpha value is -1.22. The molecule has 0 radical (unpaired) electrons. The monoisotopic (exact) mass is 325 g/mol. The summed E-state index contributed by atoms with van der Waals surface area (Å²) in [5.74, 6) is 0.744.